The molecule has 0 saturated heterocycles. The molecule has 2 nitrogen and oxygen atoms in total. The molecule has 0 aromatic heterocycles. The van der Waals surface area contributed by atoms with E-state index in [1.807, 2.05) is 0 Å². The van der Waals surface area contributed by atoms with E-state index in [0.717, 1.165) is 32.0 Å². The van der Waals surface area contributed by atoms with E-state index in [1.165, 1.54) is 6.92 Å². The highest BCUT2D eigenvalue weighted by Gasteiger charge is 2.47. The molecule has 0 heterocycles. The van der Waals surface area contributed by atoms with Crippen molar-refractivity contribution >= 4 is 12.4 Å². The van der Waals surface area contributed by atoms with Gasteiger partial charge in [-0.25, -0.2) is 4.39 Å². The van der Waals surface area contributed by atoms with Crippen LogP contribution in [0.15, 0.2) is 18.2 Å². The first-order valence-corrected chi connectivity index (χ1v) is 5.23. The van der Waals surface area contributed by atoms with Gasteiger partial charge in [-0.2, -0.15) is 8.78 Å². The summed E-state index contributed by atoms with van der Waals surface area (Å²) in [6.45, 7) is 3.51. The summed E-state index contributed by atoms with van der Waals surface area (Å²) in [7, 11) is 0. The first kappa shape index (κ1) is 17.2. The largest absolute Gasteiger partial charge is 0.384 e. The summed E-state index contributed by atoms with van der Waals surface area (Å²) in [4.78, 5) is 0. The fourth-order valence-corrected chi connectivity index (χ4v) is 1.44. The van der Waals surface area contributed by atoms with Gasteiger partial charge in [0.2, 0.25) is 0 Å². The molecule has 1 rings (SSSR count). The molecule has 0 amide bonds. The van der Waals surface area contributed by atoms with Crippen LogP contribution in [-0.4, -0.2) is 10.7 Å². The van der Waals surface area contributed by atoms with Gasteiger partial charge in [-0.3, -0.25) is 0 Å². The van der Waals surface area contributed by atoms with Gasteiger partial charge in [0.15, 0.2) is 0 Å². The average molecular weight is 284 g/mol. The van der Waals surface area contributed by atoms with E-state index < -0.39 is 28.9 Å². The molecule has 0 aliphatic heterocycles. The summed E-state index contributed by atoms with van der Waals surface area (Å²) in [6, 6.07) is 2.21. The van der Waals surface area contributed by atoms with Crippen LogP contribution in [0.5, 0.6) is 0 Å². The Morgan fingerprint density at radius 3 is 2.17 bits per heavy atom. The van der Waals surface area contributed by atoms with Crippen molar-refractivity contribution in [1.82, 2.24) is 0 Å². The quantitative estimate of drug-likeness (QED) is 0.895. The van der Waals surface area contributed by atoms with Crippen molar-refractivity contribution < 1.29 is 18.3 Å². The fraction of sp³-hybridized carbons (Fsp3) is 0.500. The van der Waals surface area contributed by atoms with E-state index in [0.29, 0.717) is 0 Å². The van der Waals surface area contributed by atoms with E-state index >= 15 is 0 Å². The number of halogens is 4. The third-order valence-electron chi connectivity index (χ3n) is 2.62. The minimum Gasteiger partial charge on any atom is -0.384 e. The van der Waals surface area contributed by atoms with Crippen LogP contribution >= 0.6 is 12.4 Å². The van der Waals surface area contributed by atoms with Gasteiger partial charge >= 0.3 is 5.92 Å². The first-order chi connectivity index (χ1) is 7.57. The predicted octanol–water partition coefficient (Wildman–Crippen LogP) is 3.13. The normalized spacial score (nSPS) is 14.0. The molecule has 0 aliphatic carbocycles. The number of nitrogens with two attached hydrogens (primary N) is 1. The zero-order valence-corrected chi connectivity index (χ0v) is 11.2. The Balaban J connectivity index is 0.00000289. The predicted molar refractivity (Wildman–Crippen MR) is 66.4 cm³/mol. The summed E-state index contributed by atoms with van der Waals surface area (Å²) in [5.41, 5.74) is 2.83. The van der Waals surface area contributed by atoms with E-state index in [4.69, 9.17) is 5.73 Å². The minimum atomic E-state index is -3.47. The molecule has 0 saturated carbocycles. The minimum absolute atomic E-state index is 0. The van der Waals surface area contributed by atoms with Crippen LogP contribution in [0.3, 0.4) is 0 Å². The maximum Gasteiger partial charge on any atom is 0.300 e. The Kier molecular flexibility index (Phi) is 5.23. The Morgan fingerprint density at radius 1 is 1.28 bits per heavy atom. The number of aliphatic hydroxyl groups is 1. The smallest absolute Gasteiger partial charge is 0.300 e. The highest BCUT2D eigenvalue weighted by molar-refractivity contribution is 5.85. The van der Waals surface area contributed by atoms with Crippen molar-refractivity contribution in [3.63, 3.8) is 0 Å². The molecule has 0 spiro atoms. The van der Waals surface area contributed by atoms with Crippen LogP contribution in [-0.2, 0) is 5.92 Å². The lowest BCUT2D eigenvalue weighted by molar-refractivity contribution is -0.168. The van der Waals surface area contributed by atoms with Gasteiger partial charge in [0, 0.05) is 17.2 Å². The highest BCUT2D eigenvalue weighted by atomic mass is 35.5. The van der Waals surface area contributed by atoms with Crippen molar-refractivity contribution in [1.29, 1.82) is 0 Å². The Hall–Kier alpha value is -0.780. The van der Waals surface area contributed by atoms with Crippen LogP contribution in [0.25, 0.3) is 0 Å². The van der Waals surface area contributed by atoms with Gasteiger partial charge in [-0.05, 0) is 32.9 Å². The zero-order valence-electron chi connectivity index (χ0n) is 10.4. The lowest BCUT2D eigenvalue weighted by Gasteiger charge is -2.29. The van der Waals surface area contributed by atoms with Crippen molar-refractivity contribution in [3.05, 3.63) is 35.1 Å². The summed E-state index contributed by atoms with van der Waals surface area (Å²) < 4.78 is 41.0. The molecule has 0 radical (unpaired) electrons. The summed E-state index contributed by atoms with van der Waals surface area (Å²) in [5, 5.41) is 9.42. The van der Waals surface area contributed by atoms with E-state index in [2.05, 4.69) is 0 Å². The molecule has 3 N–H and O–H groups in total. The topological polar surface area (TPSA) is 46.2 Å². The molecule has 0 fully saturated rings. The zero-order chi connectivity index (χ0) is 13.4. The van der Waals surface area contributed by atoms with E-state index in [1.54, 1.807) is 0 Å². The van der Waals surface area contributed by atoms with Gasteiger partial charge in [-0.15, -0.1) is 12.4 Å². The lowest BCUT2D eigenvalue weighted by atomic mass is 9.91. The third-order valence-corrected chi connectivity index (χ3v) is 2.62. The molecular weight excluding hydrogens is 267 g/mol. The number of hydrogen-bond acceptors (Lipinski definition) is 2. The van der Waals surface area contributed by atoms with E-state index in [-0.39, 0.29) is 18.0 Å². The van der Waals surface area contributed by atoms with Crippen LogP contribution in [0.1, 0.15) is 37.9 Å². The second-order valence-electron chi connectivity index (χ2n) is 4.66. The SMILES string of the molecule is CC(N)c1cc(C(F)(F)C(C)(C)O)ccc1F.Cl. The second-order valence-corrected chi connectivity index (χ2v) is 4.66. The number of alkyl halides is 2. The molecule has 1 unspecified atom stereocenters. The summed E-state index contributed by atoms with van der Waals surface area (Å²) in [5.74, 6) is -4.10. The standard InChI is InChI=1S/C12H16F3NO.ClH/c1-7(16)9-6-8(4-5-10(9)13)12(14,15)11(2,3)17;/h4-7,17H,16H2,1-3H3;1H. The molecule has 1 aromatic rings. The second kappa shape index (κ2) is 5.47. The molecule has 0 aliphatic rings. The van der Waals surface area contributed by atoms with Gasteiger partial charge in [-0.1, -0.05) is 6.07 Å². The van der Waals surface area contributed by atoms with Gasteiger partial charge < -0.3 is 10.8 Å². The molecule has 0 bridgehead atoms. The van der Waals surface area contributed by atoms with E-state index in [9.17, 15) is 18.3 Å². The Labute approximate surface area is 110 Å². The monoisotopic (exact) mass is 283 g/mol. The van der Waals surface area contributed by atoms with Crippen molar-refractivity contribution in [3.8, 4) is 0 Å². The fourth-order valence-electron chi connectivity index (χ4n) is 1.44. The van der Waals surface area contributed by atoms with Crippen LogP contribution in [0.4, 0.5) is 13.2 Å². The molecule has 6 heteroatoms. The first-order valence-electron chi connectivity index (χ1n) is 5.23. The highest BCUT2D eigenvalue weighted by Crippen LogP contribution is 2.39. The average Bonchev–Trinajstić information content (AvgIpc) is 2.15. The van der Waals surface area contributed by atoms with Gasteiger partial charge in [0.1, 0.15) is 11.4 Å². The lowest BCUT2D eigenvalue weighted by Crippen LogP contribution is -2.40. The maximum atomic E-state index is 13.8. The Bertz CT molecular complexity index is 416. The summed E-state index contributed by atoms with van der Waals surface area (Å²) in [6.07, 6.45) is 0. The van der Waals surface area contributed by atoms with Crippen molar-refractivity contribution in [2.24, 2.45) is 5.73 Å². The van der Waals surface area contributed by atoms with Crippen LogP contribution in [0.2, 0.25) is 0 Å². The number of hydrogen-bond donors (Lipinski definition) is 2. The third kappa shape index (κ3) is 3.16. The van der Waals surface area contributed by atoms with Gasteiger partial charge in [0.25, 0.3) is 0 Å². The molecule has 104 valence electrons. The van der Waals surface area contributed by atoms with Crippen molar-refractivity contribution in [2.75, 3.05) is 0 Å². The van der Waals surface area contributed by atoms with Crippen LogP contribution < -0.4 is 5.73 Å². The van der Waals surface area contributed by atoms with Gasteiger partial charge in [0.05, 0.1) is 0 Å². The molecule has 1 aromatic carbocycles. The number of rotatable bonds is 3. The van der Waals surface area contributed by atoms with Crippen molar-refractivity contribution in [2.45, 2.75) is 38.3 Å². The Morgan fingerprint density at radius 2 is 1.78 bits per heavy atom. The van der Waals surface area contributed by atoms with Crippen LogP contribution in [0, 0.1) is 5.82 Å². The molecular formula is C12H17ClF3NO. The summed E-state index contributed by atoms with van der Waals surface area (Å²) >= 11 is 0. The molecule has 18 heavy (non-hydrogen) atoms. The maximum absolute atomic E-state index is 13.8. The molecule has 1 atom stereocenters. The number of benzene rings is 1.